The minimum absolute atomic E-state index is 0.0768. The van der Waals surface area contributed by atoms with E-state index in [1.54, 1.807) is 4.90 Å². The maximum atomic E-state index is 13.0. The lowest BCUT2D eigenvalue weighted by Crippen LogP contribution is -2.49. The maximum Gasteiger partial charge on any atom is 0.416 e. The third-order valence-electron chi connectivity index (χ3n) is 14.6. The van der Waals surface area contributed by atoms with Crippen LogP contribution in [0.2, 0.25) is 0 Å². The molecule has 0 aromatic heterocycles. The lowest BCUT2D eigenvalue weighted by atomic mass is 9.96. The quantitative estimate of drug-likeness (QED) is 0.0812. The highest BCUT2D eigenvalue weighted by Gasteiger charge is 2.47. The number of hydrogen-bond acceptors (Lipinski definition) is 8. The topological polar surface area (TPSA) is 72.0 Å². The molecule has 3 saturated heterocycles. The highest BCUT2D eigenvalue weighted by atomic mass is 19.4. The molecule has 4 aromatic rings. The fraction of sp³-hybridized carbons (Fsp3) is 0.527. The predicted molar refractivity (Wildman–Crippen MR) is 266 cm³/mol. The van der Waals surface area contributed by atoms with Crippen molar-refractivity contribution < 1.29 is 45.4 Å². The van der Waals surface area contributed by atoms with Crippen molar-refractivity contribution in [2.24, 2.45) is 0 Å². The van der Waals surface area contributed by atoms with Crippen molar-refractivity contribution in [1.82, 2.24) is 29.4 Å². The molecule has 10 nitrogen and oxygen atoms in total. The summed E-state index contributed by atoms with van der Waals surface area (Å²) in [6, 6.07) is 18.1. The summed E-state index contributed by atoms with van der Waals surface area (Å²) < 4.78 is 89.0. The Labute approximate surface area is 416 Å². The Morgan fingerprint density at radius 3 is 1.42 bits per heavy atom. The molecule has 3 heterocycles. The summed E-state index contributed by atoms with van der Waals surface area (Å²) in [6.07, 6.45) is -5.98. The molecule has 16 heteroatoms. The lowest BCUT2D eigenvalue weighted by Gasteiger charge is -2.39. The number of benzene rings is 4. The minimum Gasteiger partial charge on any atom is -0.493 e. The van der Waals surface area contributed by atoms with Gasteiger partial charge in [0.05, 0.1) is 24.3 Å². The van der Waals surface area contributed by atoms with Crippen molar-refractivity contribution in [2.45, 2.75) is 97.3 Å². The highest BCUT2D eigenvalue weighted by Crippen LogP contribution is 2.40. The van der Waals surface area contributed by atoms with Gasteiger partial charge in [-0.2, -0.15) is 26.3 Å². The molecule has 2 amide bonds. The zero-order valence-corrected chi connectivity index (χ0v) is 43.0. The number of carbonyl (C=O) groups is 2. The van der Waals surface area contributed by atoms with E-state index in [4.69, 9.17) is 9.47 Å². The molecule has 71 heavy (non-hydrogen) atoms. The number of carbonyl (C=O) groups excluding carboxylic acids is 2. The highest BCUT2D eigenvalue weighted by molar-refractivity contribution is 5.95. The standard InChI is InChI=1S/C28H36F3N3O2.C27H36F3N3O2/c1-18-19(2)26(36-14-6-13-32(4)5)12-11-25(18)20(3)33-16-24-15-23(33)17-34(24)27(35)21-7-9-22(10-8-21)28(29,30)31;1-19-20(2)25(35-18-6-13-31(4)5)12-11-24(19)21(3)32-14-16-33(17-15-32)26(34)22-7-9-23(10-8-22)27(28,29)30/h7-12,20,23-24H,6,13-17H2,1-5H3;7-12,21H,6,13-18H2,1-5H3/t20-,23-,24-;21-/m00/s1. The normalized spacial score (nSPS) is 18.5. The number of likely N-dealkylation sites (tertiary alicyclic amines) is 2. The number of halogens is 6. The number of hydrogen-bond donors (Lipinski definition) is 0. The van der Waals surface area contributed by atoms with Crippen molar-refractivity contribution in [3.63, 3.8) is 0 Å². The summed E-state index contributed by atoms with van der Waals surface area (Å²) in [7, 11) is 8.22. The zero-order valence-electron chi connectivity index (χ0n) is 43.0. The number of fused-ring (bicyclic) bond motifs is 2. The number of alkyl halides is 6. The second-order valence-corrected chi connectivity index (χ2v) is 19.8. The van der Waals surface area contributed by atoms with E-state index < -0.39 is 23.5 Å². The van der Waals surface area contributed by atoms with Crippen LogP contribution in [0.25, 0.3) is 0 Å². The van der Waals surface area contributed by atoms with Crippen LogP contribution in [0.1, 0.15) is 110 Å². The van der Waals surface area contributed by atoms with Gasteiger partial charge in [0.1, 0.15) is 11.5 Å². The van der Waals surface area contributed by atoms with E-state index in [2.05, 4.69) is 108 Å². The van der Waals surface area contributed by atoms with Crippen LogP contribution in [-0.4, -0.2) is 147 Å². The van der Waals surface area contributed by atoms with E-state index in [1.165, 1.54) is 46.5 Å². The molecule has 0 unspecified atom stereocenters. The second kappa shape index (κ2) is 23.6. The third kappa shape index (κ3) is 13.7. The molecule has 0 aliphatic carbocycles. The van der Waals surface area contributed by atoms with Gasteiger partial charge in [-0.25, -0.2) is 0 Å². The average molecular weight is 995 g/mol. The Kier molecular flexibility index (Phi) is 18.3. The molecule has 0 spiro atoms. The van der Waals surface area contributed by atoms with Crippen LogP contribution >= 0.6 is 0 Å². The molecule has 3 aliphatic heterocycles. The molecule has 7 rings (SSSR count). The summed E-state index contributed by atoms with van der Waals surface area (Å²) in [5.41, 5.74) is 6.37. The minimum atomic E-state index is -4.41. The van der Waals surface area contributed by atoms with Gasteiger partial charge in [0, 0.05) is 87.7 Å². The van der Waals surface area contributed by atoms with Crippen molar-refractivity contribution >= 4 is 11.8 Å². The first kappa shape index (κ1) is 55.2. The summed E-state index contributed by atoms with van der Waals surface area (Å²) in [5, 5.41) is 0. The van der Waals surface area contributed by atoms with Crippen molar-refractivity contribution in [3.8, 4) is 11.5 Å². The number of nitrogens with zero attached hydrogens (tertiary/aromatic N) is 6. The van der Waals surface area contributed by atoms with Gasteiger partial charge in [-0.15, -0.1) is 0 Å². The van der Waals surface area contributed by atoms with Gasteiger partial charge in [0.25, 0.3) is 11.8 Å². The molecule has 0 saturated carbocycles. The molecular formula is C55H72F6N6O4. The first-order chi connectivity index (χ1) is 33.5. The van der Waals surface area contributed by atoms with E-state index in [0.717, 1.165) is 85.8 Å². The maximum absolute atomic E-state index is 13.0. The van der Waals surface area contributed by atoms with Crippen molar-refractivity contribution in [2.75, 3.05) is 93.8 Å². The van der Waals surface area contributed by atoms with E-state index >= 15 is 0 Å². The van der Waals surface area contributed by atoms with Crippen molar-refractivity contribution in [1.29, 1.82) is 0 Å². The first-order valence-electron chi connectivity index (χ1n) is 24.7. The summed E-state index contributed by atoms with van der Waals surface area (Å²) in [4.78, 5) is 38.5. The molecular weight excluding hydrogens is 923 g/mol. The van der Waals surface area contributed by atoms with Crippen LogP contribution in [0.4, 0.5) is 26.3 Å². The number of ether oxygens (including phenoxy) is 2. The molecule has 2 bridgehead atoms. The monoisotopic (exact) mass is 995 g/mol. The van der Waals surface area contributed by atoms with Crippen LogP contribution in [0.3, 0.4) is 0 Å². The fourth-order valence-corrected chi connectivity index (χ4v) is 10.0. The van der Waals surface area contributed by atoms with Crippen LogP contribution < -0.4 is 9.47 Å². The Morgan fingerprint density at radius 1 is 0.577 bits per heavy atom. The molecule has 4 atom stereocenters. The Bertz CT molecular complexity index is 2420. The summed E-state index contributed by atoms with van der Waals surface area (Å²) in [5.74, 6) is 1.43. The Morgan fingerprint density at radius 2 is 1.01 bits per heavy atom. The van der Waals surface area contributed by atoms with Gasteiger partial charge in [-0.3, -0.25) is 19.4 Å². The first-order valence-corrected chi connectivity index (χ1v) is 24.7. The van der Waals surface area contributed by atoms with Gasteiger partial charge < -0.3 is 29.1 Å². The zero-order chi connectivity index (χ0) is 51.9. The lowest BCUT2D eigenvalue weighted by molar-refractivity contribution is -0.138. The number of rotatable bonds is 16. The van der Waals surface area contributed by atoms with Gasteiger partial charge >= 0.3 is 12.4 Å². The van der Waals surface area contributed by atoms with Gasteiger partial charge in [-0.1, -0.05) is 12.1 Å². The van der Waals surface area contributed by atoms with E-state index in [0.29, 0.717) is 51.5 Å². The van der Waals surface area contributed by atoms with Gasteiger partial charge in [0.15, 0.2) is 0 Å². The second-order valence-electron chi connectivity index (χ2n) is 19.8. The van der Waals surface area contributed by atoms with Crippen LogP contribution in [0, 0.1) is 27.7 Å². The van der Waals surface area contributed by atoms with Gasteiger partial charge in [0.2, 0.25) is 0 Å². The largest absolute Gasteiger partial charge is 0.493 e. The Balaban J connectivity index is 0.000000233. The smallest absolute Gasteiger partial charge is 0.416 e. The van der Waals surface area contributed by atoms with Crippen LogP contribution in [0.15, 0.2) is 72.8 Å². The summed E-state index contributed by atoms with van der Waals surface area (Å²) in [6.45, 7) is 20.0. The Hall–Kier alpha value is -5.16. The van der Waals surface area contributed by atoms with Crippen LogP contribution in [-0.2, 0) is 12.4 Å². The SMILES string of the molecule is Cc1c(OCCCN(C)C)ccc([C@H](C)N2CCN(C(=O)c3ccc(C(F)(F)F)cc3)CC2)c1C.Cc1c(OCCCN(C)C)ccc([C@H](C)N2C[C@@H]3C[C@H]2CN3C(=O)c2ccc(C(F)(F)F)cc2)c1C. The van der Waals surface area contributed by atoms with Gasteiger partial charge in [-0.05, 0) is 183 Å². The average Bonchev–Trinajstić information content (AvgIpc) is 3.95. The molecule has 3 aliphatic rings. The fourth-order valence-electron chi connectivity index (χ4n) is 10.0. The van der Waals surface area contributed by atoms with E-state index in [-0.39, 0.29) is 41.5 Å². The molecule has 4 aromatic carbocycles. The molecule has 3 fully saturated rings. The predicted octanol–water partition coefficient (Wildman–Crippen LogP) is 10.5. The number of piperazine rings is 2. The van der Waals surface area contributed by atoms with Crippen LogP contribution in [0.5, 0.6) is 11.5 Å². The van der Waals surface area contributed by atoms with E-state index in [1.807, 2.05) is 11.0 Å². The molecule has 0 N–H and O–H groups in total. The molecule has 388 valence electrons. The molecule has 0 radical (unpaired) electrons. The number of amides is 2. The van der Waals surface area contributed by atoms with E-state index in [9.17, 15) is 35.9 Å². The third-order valence-corrected chi connectivity index (χ3v) is 14.6. The summed E-state index contributed by atoms with van der Waals surface area (Å²) >= 11 is 0. The van der Waals surface area contributed by atoms with Crippen molar-refractivity contribution in [3.05, 3.63) is 128 Å².